The van der Waals surface area contributed by atoms with E-state index in [2.05, 4.69) is 11.8 Å². The molecule has 6 heteroatoms. The van der Waals surface area contributed by atoms with Crippen molar-refractivity contribution < 1.29 is 4.79 Å². The van der Waals surface area contributed by atoms with Crippen molar-refractivity contribution in [2.24, 2.45) is 11.8 Å². The Morgan fingerprint density at radius 2 is 1.97 bits per heavy atom. The summed E-state index contributed by atoms with van der Waals surface area (Å²) in [7, 11) is 0. The van der Waals surface area contributed by atoms with Crippen LogP contribution in [-0.4, -0.2) is 39.2 Å². The second-order valence-electron chi connectivity index (χ2n) is 8.44. The molecule has 1 aromatic carbocycles. The number of rotatable bonds is 6. The maximum Gasteiger partial charge on any atom is 0.262 e. The number of hydrogen-bond donors (Lipinski definition) is 0. The first-order valence-corrected chi connectivity index (χ1v) is 12.1. The molecule has 0 bridgehead atoms. The smallest absolute Gasteiger partial charge is 0.262 e. The molecule has 0 N–H and O–H groups in total. The second-order valence-corrected chi connectivity index (χ2v) is 9.39. The molecule has 1 saturated carbocycles. The molecular weight excluding hydrogens is 382 g/mol. The number of fused-ring (bicyclic) bond motifs is 2. The molecule has 0 radical (unpaired) electrons. The lowest BCUT2D eigenvalue weighted by molar-refractivity contribution is -0.131. The van der Waals surface area contributed by atoms with E-state index in [1.165, 1.54) is 37.4 Å². The lowest BCUT2D eigenvalue weighted by Gasteiger charge is -2.41. The van der Waals surface area contributed by atoms with Gasteiger partial charge in [-0.25, -0.2) is 4.98 Å². The van der Waals surface area contributed by atoms with Gasteiger partial charge in [-0.15, -0.1) is 0 Å². The molecule has 0 unspecified atom stereocenters. The Hall–Kier alpha value is -1.82. The Bertz CT molecular complexity index is 926. The van der Waals surface area contributed by atoms with Gasteiger partial charge in [-0.3, -0.25) is 14.2 Å². The SMILES string of the molecule is CCCCn1c(SCC(=O)N2CC[C@@H]3CCCC[C@H]3C2)nc2ccccc2c1=O. The van der Waals surface area contributed by atoms with Crippen LogP contribution in [0.1, 0.15) is 51.9 Å². The summed E-state index contributed by atoms with van der Waals surface area (Å²) in [5.41, 5.74) is 0.713. The maximum absolute atomic E-state index is 13.0. The number of hydrogen-bond acceptors (Lipinski definition) is 4. The highest BCUT2D eigenvalue weighted by Gasteiger charge is 2.32. The van der Waals surface area contributed by atoms with Crippen LogP contribution in [0.25, 0.3) is 10.9 Å². The Morgan fingerprint density at radius 1 is 1.17 bits per heavy atom. The van der Waals surface area contributed by atoms with Crippen LogP contribution in [-0.2, 0) is 11.3 Å². The van der Waals surface area contributed by atoms with Gasteiger partial charge in [0.25, 0.3) is 5.56 Å². The molecule has 156 valence electrons. The van der Waals surface area contributed by atoms with E-state index in [1.54, 1.807) is 4.57 Å². The summed E-state index contributed by atoms with van der Waals surface area (Å²) in [4.78, 5) is 32.7. The Morgan fingerprint density at radius 3 is 2.79 bits per heavy atom. The van der Waals surface area contributed by atoms with Gasteiger partial charge in [0.05, 0.1) is 16.7 Å². The summed E-state index contributed by atoms with van der Waals surface area (Å²) >= 11 is 1.42. The van der Waals surface area contributed by atoms with Gasteiger partial charge in [0.1, 0.15) is 0 Å². The highest BCUT2D eigenvalue weighted by molar-refractivity contribution is 7.99. The Labute approximate surface area is 176 Å². The van der Waals surface area contributed by atoms with E-state index in [-0.39, 0.29) is 11.5 Å². The van der Waals surface area contributed by atoms with Crippen LogP contribution in [0.15, 0.2) is 34.2 Å². The minimum Gasteiger partial charge on any atom is -0.342 e. The van der Waals surface area contributed by atoms with Crippen LogP contribution in [0, 0.1) is 11.8 Å². The van der Waals surface area contributed by atoms with Gasteiger partial charge >= 0.3 is 0 Å². The number of carbonyl (C=O) groups excluding carboxylic acids is 1. The van der Waals surface area contributed by atoms with Gasteiger partial charge < -0.3 is 4.90 Å². The predicted octanol–water partition coefficient (Wildman–Crippen LogP) is 4.33. The monoisotopic (exact) mass is 413 g/mol. The molecule has 2 atom stereocenters. The zero-order chi connectivity index (χ0) is 20.2. The van der Waals surface area contributed by atoms with Crippen molar-refractivity contribution in [3.05, 3.63) is 34.6 Å². The predicted molar refractivity (Wildman–Crippen MR) is 118 cm³/mol. The number of benzene rings is 1. The van der Waals surface area contributed by atoms with E-state index in [9.17, 15) is 9.59 Å². The fourth-order valence-electron chi connectivity index (χ4n) is 4.82. The number of para-hydroxylation sites is 1. The maximum atomic E-state index is 13.0. The first-order chi connectivity index (χ1) is 14.2. The minimum atomic E-state index is 0.00187. The zero-order valence-electron chi connectivity index (χ0n) is 17.3. The molecule has 2 heterocycles. The van der Waals surface area contributed by atoms with E-state index in [1.807, 2.05) is 24.3 Å². The van der Waals surface area contributed by atoms with E-state index in [0.29, 0.717) is 34.3 Å². The molecular formula is C23H31N3O2S. The Kier molecular flexibility index (Phi) is 6.58. The van der Waals surface area contributed by atoms with E-state index < -0.39 is 0 Å². The van der Waals surface area contributed by atoms with E-state index in [4.69, 9.17) is 4.98 Å². The van der Waals surface area contributed by atoms with Crippen molar-refractivity contribution in [3.8, 4) is 0 Å². The number of unbranched alkanes of at least 4 members (excludes halogenated alkanes) is 1. The fourth-order valence-corrected chi connectivity index (χ4v) is 5.74. The highest BCUT2D eigenvalue weighted by atomic mass is 32.2. The van der Waals surface area contributed by atoms with Gasteiger partial charge in [-0.2, -0.15) is 0 Å². The molecule has 2 aromatic rings. The third-order valence-corrected chi connectivity index (χ3v) is 7.49. The lowest BCUT2D eigenvalue weighted by atomic mass is 9.75. The summed E-state index contributed by atoms with van der Waals surface area (Å²) in [5.74, 6) is 2.05. The normalized spacial score (nSPS) is 21.9. The number of carbonyl (C=O) groups is 1. The number of amides is 1. The van der Waals surface area contributed by atoms with E-state index >= 15 is 0 Å². The first-order valence-electron chi connectivity index (χ1n) is 11.1. The molecule has 29 heavy (non-hydrogen) atoms. The molecule has 2 fully saturated rings. The van der Waals surface area contributed by atoms with Crippen molar-refractivity contribution in [1.82, 2.24) is 14.5 Å². The molecule has 1 saturated heterocycles. The average Bonchev–Trinajstić information content (AvgIpc) is 2.76. The van der Waals surface area contributed by atoms with Crippen molar-refractivity contribution in [3.63, 3.8) is 0 Å². The van der Waals surface area contributed by atoms with Crippen molar-refractivity contribution in [1.29, 1.82) is 0 Å². The number of piperidine rings is 1. The van der Waals surface area contributed by atoms with Gasteiger partial charge in [0.15, 0.2) is 5.16 Å². The standard InChI is InChI=1S/C23H31N3O2S/c1-2-3-13-26-22(28)19-10-6-7-11-20(19)24-23(26)29-16-21(27)25-14-12-17-8-4-5-9-18(17)15-25/h6-7,10-11,17-18H,2-5,8-9,12-16H2,1H3/t17-,18-/m0/s1. The van der Waals surface area contributed by atoms with Crippen molar-refractivity contribution >= 4 is 28.6 Å². The summed E-state index contributed by atoms with van der Waals surface area (Å²) in [5, 5.41) is 1.32. The zero-order valence-corrected chi connectivity index (χ0v) is 18.1. The van der Waals surface area contributed by atoms with Crippen LogP contribution in [0.4, 0.5) is 0 Å². The number of thioether (sulfide) groups is 1. The number of aromatic nitrogens is 2. The highest BCUT2D eigenvalue weighted by Crippen LogP contribution is 2.36. The van der Waals surface area contributed by atoms with Crippen LogP contribution < -0.4 is 5.56 Å². The minimum absolute atomic E-state index is 0.00187. The van der Waals surface area contributed by atoms with Gasteiger partial charge in [-0.05, 0) is 43.2 Å². The van der Waals surface area contributed by atoms with Gasteiger partial charge in [0.2, 0.25) is 5.91 Å². The van der Waals surface area contributed by atoms with E-state index in [0.717, 1.165) is 38.3 Å². The van der Waals surface area contributed by atoms with Gasteiger partial charge in [0, 0.05) is 19.6 Å². The van der Waals surface area contributed by atoms with Crippen LogP contribution in [0.5, 0.6) is 0 Å². The van der Waals surface area contributed by atoms with Gasteiger partial charge in [-0.1, -0.05) is 56.5 Å². The van der Waals surface area contributed by atoms with Crippen LogP contribution in [0.2, 0.25) is 0 Å². The quantitative estimate of drug-likeness (QED) is 0.523. The Balaban J connectivity index is 1.48. The summed E-state index contributed by atoms with van der Waals surface area (Å²) in [6.45, 7) is 4.56. The molecule has 1 aromatic heterocycles. The first kappa shape index (κ1) is 20.5. The molecule has 2 aliphatic rings. The molecule has 0 spiro atoms. The van der Waals surface area contributed by atoms with Crippen LogP contribution in [0.3, 0.4) is 0 Å². The fraction of sp³-hybridized carbons (Fsp3) is 0.609. The van der Waals surface area contributed by atoms with Crippen molar-refractivity contribution in [2.75, 3.05) is 18.8 Å². The topological polar surface area (TPSA) is 55.2 Å². The third-order valence-electron chi connectivity index (χ3n) is 6.53. The van der Waals surface area contributed by atoms with Crippen molar-refractivity contribution in [2.45, 2.75) is 63.6 Å². The third kappa shape index (κ3) is 4.52. The molecule has 5 nitrogen and oxygen atoms in total. The molecule has 1 aliphatic carbocycles. The second kappa shape index (κ2) is 9.33. The summed E-state index contributed by atoms with van der Waals surface area (Å²) in [6, 6.07) is 7.49. The average molecular weight is 414 g/mol. The number of nitrogens with zero attached hydrogens (tertiary/aromatic N) is 3. The number of likely N-dealkylation sites (tertiary alicyclic amines) is 1. The summed E-state index contributed by atoms with van der Waals surface area (Å²) in [6.07, 6.45) is 8.36. The largest absolute Gasteiger partial charge is 0.342 e. The van der Waals surface area contributed by atoms with Crippen LogP contribution >= 0.6 is 11.8 Å². The molecule has 4 rings (SSSR count). The summed E-state index contributed by atoms with van der Waals surface area (Å²) < 4.78 is 1.76. The molecule has 1 amide bonds. The molecule has 1 aliphatic heterocycles. The lowest BCUT2D eigenvalue weighted by Crippen LogP contribution is -2.45.